The van der Waals surface area contributed by atoms with Crippen LogP contribution in [-0.4, -0.2) is 30.4 Å². The van der Waals surface area contributed by atoms with Gasteiger partial charge in [0.1, 0.15) is 5.58 Å². The fraction of sp³-hybridized carbons (Fsp3) is 0.391. The van der Waals surface area contributed by atoms with Crippen molar-refractivity contribution in [2.75, 3.05) is 19.6 Å². The van der Waals surface area contributed by atoms with Crippen molar-refractivity contribution < 1.29 is 9.21 Å². The lowest BCUT2D eigenvalue weighted by Gasteiger charge is -2.30. The van der Waals surface area contributed by atoms with Crippen LogP contribution in [-0.2, 0) is 0 Å². The van der Waals surface area contributed by atoms with E-state index in [-0.39, 0.29) is 23.1 Å². The molecule has 1 aliphatic rings. The van der Waals surface area contributed by atoms with Crippen LogP contribution in [0.15, 0.2) is 51.0 Å². The van der Waals surface area contributed by atoms with Gasteiger partial charge in [-0.05, 0) is 62.0 Å². The van der Waals surface area contributed by atoms with Crippen LogP contribution < -0.4 is 10.7 Å². The van der Waals surface area contributed by atoms with Crippen molar-refractivity contribution in [2.45, 2.75) is 38.6 Å². The van der Waals surface area contributed by atoms with Crippen molar-refractivity contribution in [3.63, 3.8) is 0 Å². The van der Waals surface area contributed by atoms with Crippen LogP contribution in [0.3, 0.4) is 0 Å². The smallest absolute Gasteiger partial charge is 0.287 e. The minimum absolute atomic E-state index is 0.0638. The molecule has 0 unspecified atom stereocenters. The monoisotopic (exact) mass is 410 g/mol. The number of carbonyl (C=O) groups is 1. The first-order valence-electron chi connectivity index (χ1n) is 10.2. The average Bonchev–Trinajstić information content (AvgIpc) is 3.10. The number of hydrogen-bond donors (Lipinski definition) is 1. The number of fused-ring (bicyclic) bond motifs is 1. The Hall–Kier alpha value is -2.44. The van der Waals surface area contributed by atoms with Crippen LogP contribution in [0.5, 0.6) is 0 Å². The number of thiophene rings is 1. The summed E-state index contributed by atoms with van der Waals surface area (Å²) in [6.45, 7) is 4.51. The zero-order chi connectivity index (χ0) is 20.2. The summed E-state index contributed by atoms with van der Waals surface area (Å²) in [5.74, 6) is -0.282. The van der Waals surface area contributed by atoms with Gasteiger partial charge in [-0.15, -0.1) is 11.3 Å². The van der Waals surface area contributed by atoms with E-state index in [0.717, 1.165) is 18.7 Å². The maximum Gasteiger partial charge on any atom is 0.287 e. The van der Waals surface area contributed by atoms with Gasteiger partial charge in [-0.1, -0.05) is 25.0 Å². The summed E-state index contributed by atoms with van der Waals surface area (Å²) in [5.41, 5.74) is 1.24. The lowest BCUT2D eigenvalue weighted by atomic mass is 10.1. The van der Waals surface area contributed by atoms with Crippen LogP contribution in [0.1, 0.15) is 52.7 Å². The number of likely N-dealkylation sites (tertiary alicyclic amines) is 1. The first-order chi connectivity index (χ1) is 14.1. The Morgan fingerprint density at radius 1 is 1.17 bits per heavy atom. The number of benzene rings is 1. The summed E-state index contributed by atoms with van der Waals surface area (Å²) in [7, 11) is 0. The average molecular weight is 411 g/mol. The molecule has 3 aromatic rings. The molecule has 0 spiro atoms. The van der Waals surface area contributed by atoms with Gasteiger partial charge in [-0.3, -0.25) is 14.5 Å². The Bertz CT molecular complexity index is 1030. The molecule has 0 aliphatic carbocycles. The van der Waals surface area contributed by atoms with Gasteiger partial charge in [0.15, 0.2) is 11.2 Å². The van der Waals surface area contributed by atoms with Gasteiger partial charge in [0, 0.05) is 17.5 Å². The highest BCUT2D eigenvalue weighted by atomic mass is 32.1. The number of rotatable bonds is 5. The van der Waals surface area contributed by atoms with Crippen LogP contribution in [0, 0.1) is 6.92 Å². The Morgan fingerprint density at radius 2 is 1.97 bits per heavy atom. The van der Waals surface area contributed by atoms with E-state index < -0.39 is 0 Å². The molecule has 3 heterocycles. The SMILES string of the molecule is Cc1ccc2c(=O)cc(C(=O)NC[C@H](c3cccs3)N3CCCCCC3)oc2c1. The van der Waals surface area contributed by atoms with Gasteiger partial charge in [0.2, 0.25) is 0 Å². The first kappa shape index (κ1) is 19.9. The standard InChI is InChI=1S/C23H26N2O3S/c1-16-8-9-17-19(26)14-21(28-20(17)13-16)23(27)24-15-18(22-7-6-12-29-22)25-10-4-2-3-5-11-25/h6-9,12-14,18H,2-5,10-11,15H2,1H3,(H,24,27)/t18-/m1/s1. The van der Waals surface area contributed by atoms with Gasteiger partial charge in [0.25, 0.3) is 5.91 Å². The van der Waals surface area contributed by atoms with E-state index in [1.165, 1.54) is 36.6 Å². The number of carbonyl (C=O) groups excluding carboxylic acids is 1. The van der Waals surface area contributed by atoms with E-state index in [9.17, 15) is 9.59 Å². The molecular formula is C23H26N2O3S. The van der Waals surface area contributed by atoms with E-state index in [2.05, 4.69) is 27.7 Å². The number of hydrogen-bond acceptors (Lipinski definition) is 5. The van der Waals surface area contributed by atoms with E-state index in [4.69, 9.17) is 4.42 Å². The summed E-state index contributed by atoms with van der Waals surface area (Å²) < 4.78 is 5.75. The normalized spacial score (nSPS) is 16.4. The molecule has 5 nitrogen and oxygen atoms in total. The first-order valence-corrected chi connectivity index (χ1v) is 11.1. The molecular weight excluding hydrogens is 384 g/mol. The molecule has 1 saturated heterocycles. The van der Waals surface area contributed by atoms with Gasteiger partial charge in [-0.25, -0.2) is 0 Å². The molecule has 152 valence electrons. The molecule has 1 N–H and O–H groups in total. The van der Waals surface area contributed by atoms with Gasteiger partial charge in [0.05, 0.1) is 11.4 Å². The second-order valence-electron chi connectivity index (χ2n) is 7.67. The maximum absolute atomic E-state index is 12.8. The van der Waals surface area contributed by atoms with Gasteiger partial charge in [-0.2, -0.15) is 0 Å². The molecule has 1 fully saturated rings. The summed E-state index contributed by atoms with van der Waals surface area (Å²) >= 11 is 1.72. The van der Waals surface area contributed by atoms with Gasteiger partial charge >= 0.3 is 0 Å². The molecule has 2 aromatic heterocycles. The van der Waals surface area contributed by atoms with Crippen LogP contribution in [0.25, 0.3) is 11.0 Å². The van der Waals surface area contributed by atoms with Crippen molar-refractivity contribution in [2.24, 2.45) is 0 Å². The van der Waals surface area contributed by atoms with Crippen molar-refractivity contribution >= 4 is 28.2 Å². The second-order valence-corrected chi connectivity index (χ2v) is 8.65. The fourth-order valence-electron chi connectivity index (χ4n) is 3.95. The maximum atomic E-state index is 12.8. The Kier molecular flexibility index (Phi) is 6.11. The number of amides is 1. The molecule has 1 amide bonds. The minimum atomic E-state index is -0.345. The highest BCUT2D eigenvalue weighted by Crippen LogP contribution is 2.27. The fourth-order valence-corrected chi connectivity index (χ4v) is 4.81. The molecule has 0 saturated carbocycles. The number of nitrogens with one attached hydrogen (secondary N) is 1. The lowest BCUT2D eigenvalue weighted by molar-refractivity contribution is 0.0907. The Labute approximate surface area is 174 Å². The molecule has 0 bridgehead atoms. The van der Waals surface area contributed by atoms with E-state index in [0.29, 0.717) is 17.5 Å². The van der Waals surface area contributed by atoms with Crippen molar-refractivity contribution in [3.05, 3.63) is 68.2 Å². The van der Waals surface area contributed by atoms with Crippen LogP contribution in [0.4, 0.5) is 0 Å². The molecule has 1 aliphatic heterocycles. The van der Waals surface area contributed by atoms with Crippen LogP contribution >= 0.6 is 11.3 Å². The summed E-state index contributed by atoms with van der Waals surface area (Å²) in [6.07, 6.45) is 4.91. The van der Waals surface area contributed by atoms with E-state index in [1.807, 2.05) is 13.0 Å². The van der Waals surface area contributed by atoms with Gasteiger partial charge < -0.3 is 9.73 Å². The molecule has 6 heteroatoms. The third-order valence-corrected chi connectivity index (χ3v) is 6.49. The third kappa shape index (κ3) is 4.60. The minimum Gasteiger partial charge on any atom is -0.451 e. The number of aryl methyl sites for hydroxylation is 1. The molecule has 1 atom stereocenters. The predicted molar refractivity (Wildman–Crippen MR) is 117 cm³/mol. The largest absolute Gasteiger partial charge is 0.451 e. The summed E-state index contributed by atoms with van der Waals surface area (Å²) in [6, 6.07) is 11.0. The Balaban J connectivity index is 1.53. The predicted octanol–water partition coefficient (Wildman–Crippen LogP) is 4.51. The lowest BCUT2D eigenvalue weighted by Crippen LogP contribution is -2.38. The third-order valence-electron chi connectivity index (χ3n) is 5.52. The van der Waals surface area contributed by atoms with E-state index in [1.54, 1.807) is 23.5 Å². The highest BCUT2D eigenvalue weighted by Gasteiger charge is 2.24. The number of nitrogens with zero attached hydrogens (tertiary/aromatic N) is 1. The highest BCUT2D eigenvalue weighted by molar-refractivity contribution is 7.10. The quantitative estimate of drug-likeness (QED) is 0.672. The molecule has 4 rings (SSSR count). The van der Waals surface area contributed by atoms with Crippen LogP contribution in [0.2, 0.25) is 0 Å². The second kappa shape index (κ2) is 8.93. The van der Waals surface area contributed by atoms with Crippen molar-refractivity contribution in [1.82, 2.24) is 10.2 Å². The summed E-state index contributed by atoms with van der Waals surface area (Å²) in [5, 5.41) is 5.57. The van der Waals surface area contributed by atoms with E-state index >= 15 is 0 Å². The Morgan fingerprint density at radius 3 is 2.69 bits per heavy atom. The summed E-state index contributed by atoms with van der Waals surface area (Å²) in [4.78, 5) is 28.9. The molecule has 29 heavy (non-hydrogen) atoms. The van der Waals surface area contributed by atoms with Crippen molar-refractivity contribution in [1.29, 1.82) is 0 Å². The molecule has 1 aromatic carbocycles. The zero-order valence-electron chi connectivity index (χ0n) is 16.6. The topological polar surface area (TPSA) is 62.6 Å². The zero-order valence-corrected chi connectivity index (χ0v) is 17.5. The van der Waals surface area contributed by atoms with Crippen molar-refractivity contribution in [3.8, 4) is 0 Å². The molecule has 0 radical (unpaired) electrons.